The maximum absolute atomic E-state index is 12.7. The Morgan fingerprint density at radius 1 is 1.25 bits per heavy atom. The van der Waals surface area contributed by atoms with Crippen LogP contribution in [0.4, 0.5) is 0 Å². The van der Waals surface area contributed by atoms with Gasteiger partial charge in [0.2, 0.25) is 0 Å². The summed E-state index contributed by atoms with van der Waals surface area (Å²) in [7, 11) is 4.07. The molecule has 1 atom stereocenters. The Bertz CT molecular complexity index is 849. The van der Waals surface area contributed by atoms with Gasteiger partial charge in [0, 0.05) is 22.5 Å². The molecule has 4 nitrogen and oxygen atoms in total. The van der Waals surface area contributed by atoms with Crippen molar-refractivity contribution in [1.82, 2.24) is 15.2 Å². The number of carbonyl (C=O) groups excluding carboxylic acids is 1. The van der Waals surface area contributed by atoms with Crippen LogP contribution < -0.4 is 5.32 Å². The zero-order valence-electron chi connectivity index (χ0n) is 14.5. The van der Waals surface area contributed by atoms with E-state index in [2.05, 4.69) is 39.6 Å². The third-order valence-electron chi connectivity index (χ3n) is 4.54. The predicted octanol–water partition coefficient (Wildman–Crippen LogP) is 3.88. The van der Waals surface area contributed by atoms with Crippen LogP contribution >= 0.6 is 11.3 Å². The Kier molecular flexibility index (Phi) is 4.73. The monoisotopic (exact) mass is 341 g/mol. The van der Waals surface area contributed by atoms with E-state index >= 15 is 0 Å². The Balaban J connectivity index is 1.81. The minimum absolute atomic E-state index is 0.0368. The number of para-hydroxylation sites is 1. The average molecular weight is 341 g/mol. The van der Waals surface area contributed by atoms with Crippen molar-refractivity contribution in [2.75, 3.05) is 20.6 Å². The lowest BCUT2D eigenvalue weighted by Gasteiger charge is -2.23. The van der Waals surface area contributed by atoms with Gasteiger partial charge in [-0.3, -0.25) is 4.79 Å². The number of aryl methyl sites for hydroxylation is 2. The average Bonchev–Trinajstić information content (AvgIpc) is 3.16. The van der Waals surface area contributed by atoms with Crippen LogP contribution in [0.15, 0.2) is 35.7 Å². The van der Waals surface area contributed by atoms with E-state index in [1.165, 1.54) is 10.4 Å². The lowest BCUT2D eigenvalue weighted by molar-refractivity contribution is 0.0944. The summed E-state index contributed by atoms with van der Waals surface area (Å²) in [6, 6.07) is 10.2. The summed E-state index contributed by atoms with van der Waals surface area (Å²) in [6.07, 6.45) is 0. The number of rotatable bonds is 5. The number of benzene rings is 1. The molecule has 0 radical (unpaired) electrons. The van der Waals surface area contributed by atoms with E-state index in [1.807, 2.05) is 39.2 Å². The highest BCUT2D eigenvalue weighted by molar-refractivity contribution is 7.10. The van der Waals surface area contributed by atoms with Gasteiger partial charge in [0.25, 0.3) is 5.91 Å². The van der Waals surface area contributed by atoms with Crippen molar-refractivity contribution in [2.45, 2.75) is 19.9 Å². The molecule has 24 heavy (non-hydrogen) atoms. The van der Waals surface area contributed by atoms with Crippen LogP contribution in [-0.2, 0) is 0 Å². The SMILES string of the molecule is Cc1[nH]c2c(C(=O)NCC(c3cccs3)N(C)C)cccc2c1C. The lowest BCUT2D eigenvalue weighted by atomic mass is 10.1. The summed E-state index contributed by atoms with van der Waals surface area (Å²) in [5.74, 6) is -0.0368. The van der Waals surface area contributed by atoms with Gasteiger partial charge < -0.3 is 15.2 Å². The summed E-state index contributed by atoms with van der Waals surface area (Å²) in [5, 5.41) is 6.28. The maximum atomic E-state index is 12.7. The molecule has 126 valence electrons. The van der Waals surface area contributed by atoms with E-state index in [4.69, 9.17) is 0 Å². The number of carbonyl (C=O) groups is 1. The van der Waals surface area contributed by atoms with E-state index in [0.717, 1.165) is 16.6 Å². The van der Waals surface area contributed by atoms with E-state index in [0.29, 0.717) is 12.1 Å². The zero-order valence-corrected chi connectivity index (χ0v) is 15.3. The third-order valence-corrected chi connectivity index (χ3v) is 5.51. The fourth-order valence-corrected chi connectivity index (χ4v) is 3.90. The van der Waals surface area contributed by atoms with Crippen LogP contribution in [0, 0.1) is 13.8 Å². The number of fused-ring (bicyclic) bond motifs is 1. The molecule has 3 aromatic rings. The van der Waals surface area contributed by atoms with Gasteiger partial charge in [-0.25, -0.2) is 0 Å². The molecular weight excluding hydrogens is 318 g/mol. The molecular formula is C19H23N3OS. The molecule has 3 rings (SSSR count). The highest BCUT2D eigenvalue weighted by Crippen LogP contribution is 2.25. The number of H-pyrrole nitrogens is 1. The first-order valence-corrected chi connectivity index (χ1v) is 8.93. The molecule has 0 aliphatic heterocycles. The molecule has 0 saturated carbocycles. The van der Waals surface area contributed by atoms with Crippen LogP contribution in [0.1, 0.15) is 32.5 Å². The molecule has 0 saturated heterocycles. The first-order chi connectivity index (χ1) is 11.5. The fourth-order valence-electron chi connectivity index (χ4n) is 2.98. The smallest absolute Gasteiger partial charge is 0.253 e. The molecule has 2 heterocycles. The van der Waals surface area contributed by atoms with E-state index in [1.54, 1.807) is 11.3 Å². The highest BCUT2D eigenvalue weighted by atomic mass is 32.1. The van der Waals surface area contributed by atoms with Crippen molar-refractivity contribution in [3.05, 3.63) is 57.4 Å². The number of likely N-dealkylation sites (N-methyl/N-ethyl adjacent to an activating group) is 1. The van der Waals surface area contributed by atoms with Gasteiger partial charge in [-0.05, 0) is 51.0 Å². The summed E-state index contributed by atoms with van der Waals surface area (Å²) in [6.45, 7) is 4.70. The molecule has 5 heteroatoms. The number of thiophene rings is 1. The first kappa shape index (κ1) is 16.7. The second kappa shape index (κ2) is 6.79. The number of aromatic amines is 1. The Morgan fingerprint density at radius 2 is 2.04 bits per heavy atom. The normalized spacial score (nSPS) is 12.7. The van der Waals surface area contributed by atoms with Gasteiger partial charge in [-0.15, -0.1) is 11.3 Å². The zero-order chi connectivity index (χ0) is 17.3. The minimum Gasteiger partial charge on any atom is -0.358 e. The van der Waals surface area contributed by atoms with Crippen molar-refractivity contribution >= 4 is 28.1 Å². The van der Waals surface area contributed by atoms with Crippen LogP contribution in [0.2, 0.25) is 0 Å². The van der Waals surface area contributed by atoms with Gasteiger partial charge in [-0.2, -0.15) is 0 Å². The molecule has 1 amide bonds. The fraction of sp³-hybridized carbons (Fsp3) is 0.316. The number of nitrogens with one attached hydrogen (secondary N) is 2. The van der Waals surface area contributed by atoms with E-state index in [9.17, 15) is 4.79 Å². The predicted molar refractivity (Wildman–Crippen MR) is 101 cm³/mol. The molecule has 0 aliphatic rings. The lowest BCUT2D eigenvalue weighted by Crippen LogP contribution is -2.34. The molecule has 2 N–H and O–H groups in total. The topological polar surface area (TPSA) is 48.1 Å². The van der Waals surface area contributed by atoms with Crippen molar-refractivity contribution in [3.63, 3.8) is 0 Å². The Morgan fingerprint density at radius 3 is 2.71 bits per heavy atom. The van der Waals surface area contributed by atoms with Crippen LogP contribution in [0.25, 0.3) is 10.9 Å². The summed E-state index contributed by atoms with van der Waals surface area (Å²) in [4.78, 5) is 19.5. The number of hydrogen-bond acceptors (Lipinski definition) is 3. The van der Waals surface area contributed by atoms with Crippen molar-refractivity contribution in [1.29, 1.82) is 0 Å². The van der Waals surface area contributed by atoms with Crippen molar-refractivity contribution in [2.24, 2.45) is 0 Å². The van der Waals surface area contributed by atoms with Crippen molar-refractivity contribution < 1.29 is 4.79 Å². The summed E-state index contributed by atoms with van der Waals surface area (Å²) >= 11 is 1.72. The number of nitrogens with zero attached hydrogens (tertiary/aromatic N) is 1. The highest BCUT2D eigenvalue weighted by Gasteiger charge is 2.18. The second-order valence-corrected chi connectivity index (χ2v) is 7.29. The first-order valence-electron chi connectivity index (χ1n) is 8.05. The van der Waals surface area contributed by atoms with Gasteiger partial charge in [-0.1, -0.05) is 18.2 Å². The third kappa shape index (κ3) is 3.09. The number of aromatic nitrogens is 1. The van der Waals surface area contributed by atoms with E-state index in [-0.39, 0.29) is 11.9 Å². The molecule has 0 spiro atoms. The Labute approximate surface area is 146 Å². The van der Waals surface area contributed by atoms with Gasteiger partial charge in [0.15, 0.2) is 0 Å². The van der Waals surface area contributed by atoms with Crippen LogP contribution in [0.5, 0.6) is 0 Å². The summed E-state index contributed by atoms with van der Waals surface area (Å²) in [5.41, 5.74) is 3.93. The molecule has 2 aromatic heterocycles. The standard InChI is InChI=1S/C19H23N3OS/c1-12-13(2)21-18-14(12)7-5-8-15(18)19(23)20-11-16(22(3)4)17-9-6-10-24-17/h5-10,16,21H,11H2,1-4H3,(H,20,23). The van der Waals surface area contributed by atoms with E-state index < -0.39 is 0 Å². The number of hydrogen-bond donors (Lipinski definition) is 2. The summed E-state index contributed by atoms with van der Waals surface area (Å²) < 4.78 is 0. The largest absolute Gasteiger partial charge is 0.358 e. The van der Waals surface area contributed by atoms with Gasteiger partial charge in [0.05, 0.1) is 17.1 Å². The minimum atomic E-state index is -0.0368. The molecule has 0 bridgehead atoms. The quantitative estimate of drug-likeness (QED) is 0.740. The van der Waals surface area contributed by atoms with Gasteiger partial charge in [0.1, 0.15) is 0 Å². The second-order valence-electron chi connectivity index (χ2n) is 6.31. The molecule has 1 unspecified atom stereocenters. The maximum Gasteiger partial charge on any atom is 0.253 e. The molecule has 0 aliphatic carbocycles. The van der Waals surface area contributed by atoms with Crippen molar-refractivity contribution in [3.8, 4) is 0 Å². The van der Waals surface area contributed by atoms with Crippen LogP contribution in [-0.4, -0.2) is 36.4 Å². The molecule has 1 aromatic carbocycles. The molecule has 0 fully saturated rings. The van der Waals surface area contributed by atoms with Gasteiger partial charge >= 0.3 is 0 Å². The Hall–Kier alpha value is -2.11. The number of amides is 1. The van der Waals surface area contributed by atoms with Crippen LogP contribution in [0.3, 0.4) is 0 Å².